The van der Waals surface area contributed by atoms with E-state index in [1.807, 2.05) is 18.2 Å². The molecule has 0 saturated carbocycles. The maximum Gasteiger partial charge on any atom is 0.320 e. The van der Waals surface area contributed by atoms with Crippen molar-refractivity contribution in [2.24, 2.45) is 5.73 Å². The van der Waals surface area contributed by atoms with Gasteiger partial charge in [-0.05, 0) is 41.5 Å². The zero-order chi connectivity index (χ0) is 14.8. The molecule has 3 heteroatoms. The second-order valence-corrected chi connectivity index (χ2v) is 5.64. The van der Waals surface area contributed by atoms with Crippen LogP contribution in [-0.2, 0) is 17.6 Å². The van der Waals surface area contributed by atoms with Gasteiger partial charge in [0.25, 0.3) is 0 Å². The first-order valence-electron chi connectivity index (χ1n) is 7.31. The summed E-state index contributed by atoms with van der Waals surface area (Å²) in [6.07, 6.45) is 2.54. The van der Waals surface area contributed by atoms with Gasteiger partial charge in [-0.2, -0.15) is 0 Å². The fourth-order valence-corrected chi connectivity index (χ4v) is 3.26. The first-order valence-corrected chi connectivity index (χ1v) is 7.31. The molecule has 1 aliphatic carbocycles. The van der Waals surface area contributed by atoms with Crippen LogP contribution in [0.15, 0.2) is 48.5 Å². The summed E-state index contributed by atoms with van der Waals surface area (Å²) < 4.78 is 0. The molecule has 2 aromatic rings. The molecule has 0 fully saturated rings. The molecule has 1 unspecified atom stereocenters. The number of benzene rings is 2. The highest BCUT2D eigenvalue weighted by Gasteiger charge is 2.26. The highest BCUT2D eigenvalue weighted by atomic mass is 16.4. The fraction of sp³-hybridized carbons (Fsp3) is 0.278. The molecular weight excluding hydrogens is 262 g/mol. The van der Waals surface area contributed by atoms with Crippen molar-refractivity contribution in [3.05, 3.63) is 70.8 Å². The number of fused-ring (bicyclic) bond motifs is 1. The third-order valence-corrected chi connectivity index (χ3v) is 4.32. The summed E-state index contributed by atoms with van der Waals surface area (Å²) >= 11 is 0. The second kappa shape index (κ2) is 5.70. The van der Waals surface area contributed by atoms with Crippen LogP contribution in [0, 0.1) is 0 Å². The van der Waals surface area contributed by atoms with Gasteiger partial charge in [-0.3, -0.25) is 4.79 Å². The van der Waals surface area contributed by atoms with Gasteiger partial charge >= 0.3 is 5.97 Å². The number of aryl methyl sites for hydroxylation is 1. The van der Waals surface area contributed by atoms with Crippen LogP contribution in [0.5, 0.6) is 0 Å². The van der Waals surface area contributed by atoms with E-state index in [9.17, 15) is 4.79 Å². The van der Waals surface area contributed by atoms with E-state index in [4.69, 9.17) is 10.8 Å². The molecule has 0 bridgehead atoms. The molecule has 0 heterocycles. The minimum Gasteiger partial charge on any atom is -0.480 e. The average molecular weight is 281 g/mol. The number of nitrogens with two attached hydrogens (primary N) is 1. The van der Waals surface area contributed by atoms with Crippen LogP contribution in [0.1, 0.15) is 34.6 Å². The van der Waals surface area contributed by atoms with E-state index in [-0.39, 0.29) is 0 Å². The molecule has 0 radical (unpaired) electrons. The lowest BCUT2D eigenvalue weighted by Crippen LogP contribution is -2.32. The van der Waals surface area contributed by atoms with Crippen molar-refractivity contribution in [3.63, 3.8) is 0 Å². The predicted molar refractivity (Wildman–Crippen MR) is 82.4 cm³/mol. The zero-order valence-corrected chi connectivity index (χ0v) is 11.8. The van der Waals surface area contributed by atoms with Crippen LogP contribution in [0.25, 0.3) is 0 Å². The quantitative estimate of drug-likeness (QED) is 0.905. The Kier molecular flexibility index (Phi) is 3.76. The lowest BCUT2D eigenvalue weighted by atomic mass is 9.87. The molecular formula is C18H19NO2. The molecule has 0 aromatic heterocycles. The highest BCUT2D eigenvalue weighted by molar-refractivity contribution is 5.73. The van der Waals surface area contributed by atoms with Gasteiger partial charge in [0.05, 0.1) is 0 Å². The molecule has 2 aromatic carbocycles. The predicted octanol–water partition coefficient (Wildman–Crippen LogP) is 2.72. The van der Waals surface area contributed by atoms with Crippen molar-refractivity contribution in [1.82, 2.24) is 0 Å². The van der Waals surface area contributed by atoms with E-state index in [1.165, 1.54) is 16.7 Å². The Morgan fingerprint density at radius 3 is 2.57 bits per heavy atom. The largest absolute Gasteiger partial charge is 0.480 e. The molecule has 1 aliphatic rings. The van der Waals surface area contributed by atoms with E-state index in [1.54, 1.807) is 0 Å². The number of hydrogen-bond acceptors (Lipinski definition) is 2. The Balaban J connectivity index is 1.95. The third kappa shape index (κ3) is 2.69. The summed E-state index contributed by atoms with van der Waals surface area (Å²) in [6, 6.07) is 15.7. The van der Waals surface area contributed by atoms with Crippen molar-refractivity contribution in [2.75, 3.05) is 0 Å². The summed E-state index contributed by atoms with van der Waals surface area (Å²) in [5.74, 6) is -0.588. The van der Waals surface area contributed by atoms with Crippen LogP contribution < -0.4 is 5.73 Å². The molecule has 0 amide bonds. The topological polar surface area (TPSA) is 63.3 Å². The first-order chi connectivity index (χ1) is 10.2. The Morgan fingerprint density at radius 1 is 1.14 bits per heavy atom. The number of rotatable bonds is 4. The minimum atomic E-state index is -0.948. The first kappa shape index (κ1) is 13.8. The molecule has 0 spiro atoms. The maximum absolute atomic E-state index is 11.0. The standard InChI is InChI=1S/C18H19NO2/c19-17(18(20)21)11-13-6-2-4-8-15(13)16-10-9-12-5-1-3-7-14(12)16/h1-8,16-17H,9-11,19H2,(H,20,21)/t16?,17-/m0/s1. The molecule has 0 aliphatic heterocycles. The van der Waals surface area contributed by atoms with Gasteiger partial charge in [-0.15, -0.1) is 0 Å². The lowest BCUT2D eigenvalue weighted by molar-refractivity contribution is -0.138. The van der Waals surface area contributed by atoms with Gasteiger partial charge in [-0.25, -0.2) is 0 Å². The fourth-order valence-electron chi connectivity index (χ4n) is 3.26. The van der Waals surface area contributed by atoms with Gasteiger partial charge in [-0.1, -0.05) is 48.5 Å². The monoisotopic (exact) mass is 281 g/mol. The molecule has 3 nitrogen and oxygen atoms in total. The van der Waals surface area contributed by atoms with Crippen LogP contribution in [-0.4, -0.2) is 17.1 Å². The molecule has 21 heavy (non-hydrogen) atoms. The normalized spacial score (nSPS) is 18.2. The van der Waals surface area contributed by atoms with E-state index in [0.29, 0.717) is 12.3 Å². The Morgan fingerprint density at radius 2 is 1.81 bits per heavy atom. The van der Waals surface area contributed by atoms with Crippen molar-refractivity contribution >= 4 is 5.97 Å². The average Bonchev–Trinajstić information content (AvgIpc) is 2.91. The van der Waals surface area contributed by atoms with Crippen molar-refractivity contribution in [2.45, 2.75) is 31.2 Å². The third-order valence-electron chi connectivity index (χ3n) is 4.32. The van der Waals surface area contributed by atoms with Gasteiger partial charge in [0.1, 0.15) is 6.04 Å². The van der Waals surface area contributed by atoms with E-state index in [2.05, 4.69) is 30.3 Å². The van der Waals surface area contributed by atoms with E-state index in [0.717, 1.165) is 18.4 Å². The zero-order valence-electron chi connectivity index (χ0n) is 11.8. The highest BCUT2D eigenvalue weighted by Crippen LogP contribution is 2.39. The summed E-state index contributed by atoms with van der Waals surface area (Å²) in [4.78, 5) is 11.0. The summed E-state index contributed by atoms with van der Waals surface area (Å²) in [5, 5.41) is 9.03. The van der Waals surface area contributed by atoms with Crippen molar-refractivity contribution in [1.29, 1.82) is 0 Å². The number of carbonyl (C=O) groups is 1. The maximum atomic E-state index is 11.0. The van der Waals surface area contributed by atoms with Gasteiger partial charge in [0.15, 0.2) is 0 Å². The SMILES string of the molecule is N[C@@H](Cc1ccccc1C1CCc2ccccc21)C(=O)O. The summed E-state index contributed by atoms with van der Waals surface area (Å²) in [7, 11) is 0. The Hall–Kier alpha value is -2.13. The Labute approximate surface area is 124 Å². The molecule has 0 saturated heterocycles. The van der Waals surface area contributed by atoms with Crippen LogP contribution in [0.3, 0.4) is 0 Å². The van der Waals surface area contributed by atoms with Crippen molar-refractivity contribution in [3.8, 4) is 0 Å². The van der Waals surface area contributed by atoms with Crippen LogP contribution in [0.2, 0.25) is 0 Å². The van der Waals surface area contributed by atoms with Gasteiger partial charge < -0.3 is 10.8 Å². The van der Waals surface area contributed by atoms with Gasteiger partial charge in [0.2, 0.25) is 0 Å². The summed E-state index contributed by atoms with van der Waals surface area (Å²) in [5.41, 5.74) is 10.8. The number of carboxylic acid groups (broad SMARTS) is 1. The van der Waals surface area contributed by atoms with Crippen LogP contribution in [0.4, 0.5) is 0 Å². The van der Waals surface area contributed by atoms with Crippen molar-refractivity contribution < 1.29 is 9.90 Å². The molecule has 108 valence electrons. The lowest BCUT2D eigenvalue weighted by Gasteiger charge is -2.18. The van der Waals surface area contributed by atoms with Gasteiger partial charge in [0, 0.05) is 5.92 Å². The second-order valence-electron chi connectivity index (χ2n) is 5.64. The van der Waals surface area contributed by atoms with E-state index < -0.39 is 12.0 Å². The van der Waals surface area contributed by atoms with Crippen LogP contribution >= 0.6 is 0 Å². The summed E-state index contributed by atoms with van der Waals surface area (Å²) in [6.45, 7) is 0. The number of carboxylic acids is 1. The molecule has 3 rings (SSSR count). The minimum absolute atomic E-state index is 0.360. The van der Waals surface area contributed by atoms with E-state index >= 15 is 0 Å². The Bertz CT molecular complexity index is 666. The molecule has 3 N–H and O–H groups in total. The number of aliphatic carboxylic acids is 1. The molecule has 2 atom stereocenters. The smallest absolute Gasteiger partial charge is 0.320 e. The number of hydrogen-bond donors (Lipinski definition) is 2.